The molecule has 1 fully saturated rings. The average Bonchev–Trinajstić information content (AvgIpc) is 3.22. The van der Waals surface area contributed by atoms with Gasteiger partial charge in [-0.15, -0.1) is 0 Å². The maximum absolute atomic E-state index is 13.7. The molecule has 38 heavy (non-hydrogen) atoms. The van der Waals surface area contributed by atoms with E-state index in [0.717, 1.165) is 49.1 Å². The second-order valence-corrected chi connectivity index (χ2v) is 9.85. The molecule has 196 valence electrons. The Morgan fingerprint density at radius 3 is 2.63 bits per heavy atom. The van der Waals surface area contributed by atoms with Crippen molar-refractivity contribution in [3.63, 3.8) is 0 Å². The van der Waals surface area contributed by atoms with Crippen LogP contribution in [0.5, 0.6) is 0 Å². The zero-order valence-electron chi connectivity index (χ0n) is 21.2. The van der Waals surface area contributed by atoms with Crippen molar-refractivity contribution < 1.29 is 18.8 Å². The van der Waals surface area contributed by atoms with E-state index in [1.54, 1.807) is 30.3 Å². The van der Waals surface area contributed by atoms with Gasteiger partial charge in [0, 0.05) is 41.0 Å². The Balaban J connectivity index is 1.35. The van der Waals surface area contributed by atoms with Gasteiger partial charge in [-0.25, -0.2) is 4.39 Å². The smallest absolute Gasteiger partial charge is 0.258 e. The summed E-state index contributed by atoms with van der Waals surface area (Å²) in [6.07, 6.45) is 4.55. The highest BCUT2D eigenvalue weighted by atomic mass is 19.1. The summed E-state index contributed by atoms with van der Waals surface area (Å²) in [7, 11) is 0. The number of benzene rings is 3. The summed E-state index contributed by atoms with van der Waals surface area (Å²) < 4.78 is 13.5. The van der Waals surface area contributed by atoms with Crippen molar-refractivity contribution >= 4 is 28.9 Å². The van der Waals surface area contributed by atoms with Gasteiger partial charge < -0.3 is 20.8 Å². The number of carbonyl (C=O) groups excluding carboxylic acids is 2. The van der Waals surface area contributed by atoms with Gasteiger partial charge in [0.1, 0.15) is 12.4 Å². The molecule has 0 radical (unpaired) electrons. The summed E-state index contributed by atoms with van der Waals surface area (Å²) in [5, 5.41) is 7.22. The van der Waals surface area contributed by atoms with Crippen molar-refractivity contribution in [1.29, 1.82) is 0 Å². The van der Waals surface area contributed by atoms with Gasteiger partial charge in [-0.1, -0.05) is 29.4 Å². The van der Waals surface area contributed by atoms with Crippen LogP contribution in [0.3, 0.4) is 0 Å². The molecule has 3 N–H and O–H groups in total. The first-order valence-electron chi connectivity index (χ1n) is 13.0. The fraction of sp³-hybridized carbons (Fsp3) is 0.300. The Hall–Kier alpha value is -4.04. The Labute approximate surface area is 221 Å². The van der Waals surface area contributed by atoms with Gasteiger partial charge in [0.05, 0.1) is 5.71 Å². The normalized spacial score (nSPS) is 19.7. The number of hydrogen-bond donors (Lipinski definition) is 2. The van der Waals surface area contributed by atoms with Gasteiger partial charge in [-0.2, -0.15) is 0 Å². The lowest BCUT2D eigenvalue weighted by molar-refractivity contribution is 0.0984. The number of amides is 2. The van der Waals surface area contributed by atoms with E-state index in [9.17, 15) is 14.0 Å². The van der Waals surface area contributed by atoms with E-state index in [2.05, 4.69) is 16.5 Å². The number of nitrogens with one attached hydrogen (secondary N) is 1. The molecule has 2 amide bonds. The third-order valence-corrected chi connectivity index (χ3v) is 7.41. The average molecular weight is 515 g/mol. The number of halogens is 1. The molecule has 0 aromatic heterocycles. The van der Waals surface area contributed by atoms with Gasteiger partial charge in [0.15, 0.2) is 0 Å². The van der Waals surface area contributed by atoms with E-state index in [4.69, 9.17) is 10.6 Å². The second-order valence-electron chi connectivity index (χ2n) is 9.85. The highest BCUT2D eigenvalue weighted by molar-refractivity contribution is 6.08. The first-order chi connectivity index (χ1) is 18.5. The number of para-hydroxylation sites is 1. The quantitative estimate of drug-likeness (QED) is 0.350. The summed E-state index contributed by atoms with van der Waals surface area (Å²) in [4.78, 5) is 33.5. The van der Waals surface area contributed by atoms with E-state index in [1.807, 2.05) is 23.1 Å². The van der Waals surface area contributed by atoms with Crippen molar-refractivity contribution in [2.75, 3.05) is 29.9 Å². The molecule has 3 aromatic carbocycles. The van der Waals surface area contributed by atoms with Crippen molar-refractivity contribution in [3.8, 4) is 0 Å². The predicted octanol–water partition coefficient (Wildman–Crippen LogP) is 5.17. The summed E-state index contributed by atoms with van der Waals surface area (Å²) in [6, 6.07) is 20.3. The maximum atomic E-state index is 13.7. The monoisotopic (exact) mass is 514 g/mol. The van der Waals surface area contributed by atoms with Crippen LogP contribution in [0.4, 0.5) is 15.8 Å². The highest BCUT2D eigenvalue weighted by Crippen LogP contribution is 2.46. The third kappa shape index (κ3) is 5.31. The second kappa shape index (κ2) is 11.1. The molecule has 1 aliphatic carbocycles. The van der Waals surface area contributed by atoms with E-state index >= 15 is 0 Å². The molecule has 1 saturated carbocycles. The van der Waals surface area contributed by atoms with E-state index < -0.39 is 11.7 Å². The van der Waals surface area contributed by atoms with Crippen molar-refractivity contribution in [2.45, 2.75) is 32.1 Å². The van der Waals surface area contributed by atoms with Crippen LogP contribution in [-0.2, 0) is 11.3 Å². The highest BCUT2D eigenvalue weighted by Gasteiger charge is 2.43. The minimum atomic E-state index is -0.475. The fourth-order valence-electron chi connectivity index (χ4n) is 5.50. The zero-order valence-corrected chi connectivity index (χ0v) is 21.2. The molecule has 1 heterocycles. The largest absolute Gasteiger partial charge is 0.394 e. The minimum Gasteiger partial charge on any atom is -0.394 e. The molecule has 0 saturated heterocycles. The van der Waals surface area contributed by atoms with Gasteiger partial charge in [-0.3, -0.25) is 9.59 Å². The molecule has 8 heteroatoms. The molecule has 1 atom stereocenters. The molecule has 1 unspecified atom stereocenters. The number of anilines is 2. The third-order valence-electron chi connectivity index (χ3n) is 7.41. The van der Waals surface area contributed by atoms with Gasteiger partial charge in [-0.05, 0) is 86.2 Å². The molecule has 1 aliphatic heterocycles. The van der Waals surface area contributed by atoms with Gasteiger partial charge in [0.25, 0.3) is 11.8 Å². The SMILES string of the molecule is NCCON=C1CCCC12CCN(C(=O)c1ccc(NC(=O)c3cccc(F)c3)cc1)c1ccccc1C2. The molecular weight excluding hydrogens is 483 g/mol. The Bertz CT molecular complexity index is 1360. The van der Waals surface area contributed by atoms with Crippen LogP contribution < -0.4 is 16.0 Å². The van der Waals surface area contributed by atoms with Crippen LogP contribution in [0.25, 0.3) is 0 Å². The number of carbonyl (C=O) groups is 2. The first kappa shape index (κ1) is 25.6. The lowest BCUT2D eigenvalue weighted by atomic mass is 9.76. The Morgan fingerprint density at radius 2 is 1.84 bits per heavy atom. The maximum Gasteiger partial charge on any atom is 0.258 e. The Kier molecular flexibility index (Phi) is 7.51. The number of rotatable bonds is 6. The van der Waals surface area contributed by atoms with Crippen LogP contribution >= 0.6 is 0 Å². The summed E-state index contributed by atoms with van der Waals surface area (Å²) in [5.41, 5.74) is 9.79. The fourth-order valence-corrected chi connectivity index (χ4v) is 5.50. The van der Waals surface area contributed by atoms with Crippen LogP contribution in [0.2, 0.25) is 0 Å². The summed E-state index contributed by atoms with van der Waals surface area (Å²) in [6.45, 7) is 1.37. The molecule has 2 aliphatic rings. The van der Waals surface area contributed by atoms with E-state index in [0.29, 0.717) is 30.9 Å². The number of hydrogen-bond acceptors (Lipinski definition) is 5. The molecule has 7 nitrogen and oxygen atoms in total. The topological polar surface area (TPSA) is 97.0 Å². The van der Waals surface area contributed by atoms with Crippen LogP contribution in [0.15, 0.2) is 78.0 Å². The Morgan fingerprint density at radius 1 is 1.03 bits per heavy atom. The minimum absolute atomic E-state index is 0.103. The van der Waals surface area contributed by atoms with Crippen LogP contribution in [0.1, 0.15) is 52.0 Å². The first-order valence-corrected chi connectivity index (χ1v) is 13.0. The molecule has 5 rings (SSSR count). The lowest BCUT2D eigenvalue weighted by Crippen LogP contribution is -2.35. The molecule has 1 spiro atoms. The predicted molar refractivity (Wildman–Crippen MR) is 146 cm³/mol. The number of fused-ring (bicyclic) bond motifs is 1. The number of oxime groups is 1. The van der Waals surface area contributed by atoms with Gasteiger partial charge >= 0.3 is 0 Å². The molecule has 0 bridgehead atoms. The summed E-state index contributed by atoms with van der Waals surface area (Å²) >= 11 is 0. The van der Waals surface area contributed by atoms with Gasteiger partial charge in [0.2, 0.25) is 0 Å². The van der Waals surface area contributed by atoms with E-state index in [1.165, 1.54) is 18.2 Å². The van der Waals surface area contributed by atoms with Crippen LogP contribution in [-0.4, -0.2) is 37.2 Å². The molecular formula is C30H31FN4O3. The number of nitrogens with two attached hydrogens (primary N) is 1. The number of nitrogens with zero attached hydrogens (tertiary/aromatic N) is 2. The standard InChI is InChI=1S/C30H31FN4O3/c31-24-7-3-6-22(19-24)28(36)33-25-12-10-21(11-13-25)29(37)35-17-15-30(20-23-5-1-2-8-26(23)35)14-4-9-27(30)34-38-18-16-32/h1-3,5-8,10-13,19H,4,9,14-18,20,32H2,(H,33,36). The van der Waals surface area contributed by atoms with Crippen LogP contribution in [0, 0.1) is 11.2 Å². The van der Waals surface area contributed by atoms with Crippen molar-refractivity contribution in [2.24, 2.45) is 16.3 Å². The van der Waals surface area contributed by atoms with Crippen molar-refractivity contribution in [3.05, 3.63) is 95.3 Å². The van der Waals surface area contributed by atoms with E-state index in [-0.39, 0.29) is 16.9 Å². The summed E-state index contributed by atoms with van der Waals surface area (Å²) in [5.74, 6) is -0.995. The lowest BCUT2D eigenvalue weighted by Gasteiger charge is -2.28. The zero-order chi connectivity index (χ0) is 26.5. The molecule has 3 aromatic rings. The van der Waals surface area contributed by atoms with Crippen molar-refractivity contribution in [1.82, 2.24) is 0 Å².